The van der Waals surface area contributed by atoms with Gasteiger partial charge in [0.15, 0.2) is 4.96 Å². The van der Waals surface area contributed by atoms with Crippen LogP contribution in [0, 0.1) is 5.82 Å². The number of halogens is 1. The monoisotopic (exact) mass is 351 g/mol. The van der Waals surface area contributed by atoms with Crippen molar-refractivity contribution < 1.29 is 9.18 Å². The Labute approximate surface area is 147 Å². The second-order valence-corrected chi connectivity index (χ2v) is 6.52. The summed E-state index contributed by atoms with van der Waals surface area (Å²) >= 11 is 1.58. The Morgan fingerprint density at radius 3 is 2.84 bits per heavy atom. The van der Waals surface area contributed by atoms with Gasteiger partial charge in [-0.3, -0.25) is 9.20 Å². The molecule has 0 bridgehead atoms. The molecule has 0 atom stereocenters. The standard InChI is InChI=1S/C19H14FN3OS/c20-15-6-4-13(5-7-15)10-18(24)21-16-3-1-2-14(11-16)17-12-23-8-9-25-19(23)22-17/h1-9,11-12H,10H2,(H,21,24). The maximum absolute atomic E-state index is 12.9. The number of aromatic nitrogens is 2. The molecule has 0 aliphatic rings. The van der Waals surface area contributed by atoms with Crippen LogP contribution in [0.25, 0.3) is 16.2 Å². The second kappa shape index (κ2) is 6.49. The van der Waals surface area contributed by atoms with Gasteiger partial charge in [0.25, 0.3) is 0 Å². The Morgan fingerprint density at radius 1 is 1.20 bits per heavy atom. The van der Waals surface area contributed by atoms with Crippen LogP contribution < -0.4 is 5.32 Å². The maximum atomic E-state index is 12.9. The zero-order chi connectivity index (χ0) is 17.2. The molecule has 0 aliphatic heterocycles. The van der Waals surface area contributed by atoms with E-state index in [1.165, 1.54) is 12.1 Å². The van der Waals surface area contributed by atoms with Crippen molar-refractivity contribution in [2.24, 2.45) is 0 Å². The van der Waals surface area contributed by atoms with Crippen molar-refractivity contribution in [3.8, 4) is 11.3 Å². The van der Waals surface area contributed by atoms with Gasteiger partial charge in [0.05, 0.1) is 12.1 Å². The fourth-order valence-electron chi connectivity index (χ4n) is 2.62. The van der Waals surface area contributed by atoms with E-state index in [4.69, 9.17) is 0 Å². The Kier molecular flexibility index (Phi) is 4.03. The minimum Gasteiger partial charge on any atom is -0.326 e. The topological polar surface area (TPSA) is 46.4 Å². The molecule has 1 N–H and O–H groups in total. The second-order valence-electron chi connectivity index (χ2n) is 5.65. The molecule has 6 heteroatoms. The molecular formula is C19H14FN3OS. The molecule has 0 fully saturated rings. The number of benzene rings is 2. The zero-order valence-electron chi connectivity index (χ0n) is 13.1. The molecule has 2 aromatic heterocycles. The highest BCUT2D eigenvalue weighted by molar-refractivity contribution is 7.15. The number of rotatable bonds is 4. The van der Waals surface area contributed by atoms with E-state index in [0.717, 1.165) is 21.8 Å². The highest BCUT2D eigenvalue weighted by atomic mass is 32.1. The number of anilines is 1. The maximum Gasteiger partial charge on any atom is 0.228 e. The summed E-state index contributed by atoms with van der Waals surface area (Å²) in [6.07, 6.45) is 4.13. The fraction of sp³-hybridized carbons (Fsp3) is 0.0526. The molecule has 4 aromatic rings. The third kappa shape index (κ3) is 3.44. The smallest absolute Gasteiger partial charge is 0.228 e. The normalized spacial score (nSPS) is 10.9. The van der Waals surface area contributed by atoms with Crippen molar-refractivity contribution >= 4 is 27.9 Å². The first-order valence-electron chi connectivity index (χ1n) is 7.74. The molecule has 2 aromatic carbocycles. The van der Waals surface area contributed by atoms with Crippen LogP contribution in [0.1, 0.15) is 5.56 Å². The lowest BCUT2D eigenvalue weighted by molar-refractivity contribution is -0.115. The number of nitrogens with zero attached hydrogens (tertiary/aromatic N) is 2. The van der Waals surface area contributed by atoms with Gasteiger partial charge in [0.2, 0.25) is 5.91 Å². The van der Waals surface area contributed by atoms with Gasteiger partial charge in [0.1, 0.15) is 5.82 Å². The molecule has 0 saturated carbocycles. The van der Waals surface area contributed by atoms with Crippen LogP contribution in [0.5, 0.6) is 0 Å². The summed E-state index contributed by atoms with van der Waals surface area (Å²) in [5, 5.41) is 4.86. The van der Waals surface area contributed by atoms with E-state index < -0.39 is 0 Å². The minimum atomic E-state index is -0.308. The highest BCUT2D eigenvalue weighted by Gasteiger charge is 2.08. The van der Waals surface area contributed by atoms with Crippen LogP contribution in [0.3, 0.4) is 0 Å². The zero-order valence-corrected chi connectivity index (χ0v) is 14.0. The third-order valence-electron chi connectivity index (χ3n) is 3.81. The first-order chi connectivity index (χ1) is 12.2. The Bertz CT molecular complexity index is 1010. The van der Waals surface area contributed by atoms with E-state index >= 15 is 0 Å². The van der Waals surface area contributed by atoms with Crippen LogP contribution in [0.15, 0.2) is 66.3 Å². The quantitative estimate of drug-likeness (QED) is 0.593. The van der Waals surface area contributed by atoms with Crippen molar-refractivity contribution in [2.75, 3.05) is 5.32 Å². The Morgan fingerprint density at radius 2 is 2.04 bits per heavy atom. The average Bonchev–Trinajstić information content (AvgIpc) is 3.19. The minimum absolute atomic E-state index is 0.144. The Balaban J connectivity index is 1.50. The summed E-state index contributed by atoms with van der Waals surface area (Å²) < 4.78 is 14.9. The lowest BCUT2D eigenvalue weighted by Crippen LogP contribution is -2.14. The van der Waals surface area contributed by atoms with Crippen LogP contribution in [-0.2, 0) is 11.2 Å². The van der Waals surface area contributed by atoms with Gasteiger partial charge in [-0.25, -0.2) is 9.37 Å². The highest BCUT2D eigenvalue weighted by Crippen LogP contribution is 2.24. The van der Waals surface area contributed by atoms with E-state index in [2.05, 4.69) is 10.3 Å². The van der Waals surface area contributed by atoms with E-state index in [0.29, 0.717) is 5.69 Å². The molecule has 124 valence electrons. The number of thiazole rings is 1. The number of hydrogen-bond acceptors (Lipinski definition) is 3. The number of carbonyl (C=O) groups is 1. The molecular weight excluding hydrogens is 337 g/mol. The predicted molar refractivity (Wildman–Crippen MR) is 97.2 cm³/mol. The molecule has 1 amide bonds. The van der Waals surface area contributed by atoms with E-state index in [1.807, 2.05) is 46.4 Å². The van der Waals surface area contributed by atoms with Crippen LogP contribution in [0.4, 0.5) is 10.1 Å². The molecule has 25 heavy (non-hydrogen) atoms. The summed E-state index contributed by atoms with van der Waals surface area (Å²) in [6.45, 7) is 0. The van der Waals surface area contributed by atoms with Gasteiger partial charge < -0.3 is 5.32 Å². The predicted octanol–water partition coefficient (Wildman–Crippen LogP) is 4.38. The molecule has 0 aliphatic carbocycles. The fourth-order valence-corrected chi connectivity index (χ4v) is 3.32. The number of carbonyl (C=O) groups excluding carboxylic acids is 1. The lowest BCUT2D eigenvalue weighted by Gasteiger charge is -2.07. The van der Waals surface area contributed by atoms with Crippen LogP contribution in [0.2, 0.25) is 0 Å². The Hall–Kier alpha value is -2.99. The number of nitrogens with one attached hydrogen (secondary N) is 1. The van der Waals surface area contributed by atoms with Crippen molar-refractivity contribution in [3.63, 3.8) is 0 Å². The number of hydrogen-bond donors (Lipinski definition) is 1. The first-order valence-corrected chi connectivity index (χ1v) is 8.62. The van der Waals surface area contributed by atoms with Gasteiger partial charge >= 0.3 is 0 Å². The van der Waals surface area contributed by atoms with E-state index in [1.54, 1.807) is 23.5 Å². The summed E-state index contributed by atoms with van der Waals surface area (Å²) in [5.74, 6) is -0.452. The number of imidazole rings is 1. The van der Waals surface area contributed by atoms with Crippen molar-refractivity contribution in [1.29, 1.82) is 0 Å². The van der Waals surface area contributed by atoms with Crippen LogP contribution >= 0.6 is 11.3 Å². The van der Waals surface area contributed by atoms with E-state index in [9.17, 15) is 9.18 Å². The van der Waals surface area contributed by atoms with Gasteiger partial charge in [-0.05, 0) is 29.8 Å². The molecule has 4 nitrogen and oxygen atoms in total. The number of amides is 1. The lowest BCUT2D eigenvalue weighted by atomic mass is 10.1. The molecule has 0 unspecified atom stereocenters. The molecule has 2 heterocycles. The molecule has 0 radical (unpaired) electrons. The van der Waals surface area contributed by atoms with Crippen LogP contribution in [-0.4, -0.2) is 15.3 Å². The van der Waals surface area contributed by atoms with Crippen molar-refractivity contribution in [2.45, 2.75) is 6.42 Å². The average molecular weight is 351 g/mol. The molecule has 0 saturated heterocycles. The van der Waals surface area contributed by atoms with Crippen molar-refractivity contribution in [3.05, 3.63) is 77.7 Å². The van der Waals surface area contributed by atoms with E-state index in [-0.39, 0.29) is 18.1 Å². The summed E-state index contributed by atoms with van der Waals surface area (Å²) in [4.78, 5) is 17.7. The summed E-state index contributed by atoms with van der Waals surface area (Å²) in [7, 11) is 0. The largest absolute Gasteiger partial charge is 0.326 e. The van der Waals surface area contributed by atoms with Crippen molar-refractivity contribution in [1.82, 2.24) is 9.38 Å². The van der Waals surface area contributed by atoms with Gasteiger partial charge in [0, 0.05) is 29.0 Å². The van der Waals surface area contributed by atoms with Gasteiger partial charge in [-0.2, -0.15) is 0 Å². The SMILES string of the molecule is O=C(Cc1ccc(F)cc1)Nc1cccc(-c2cn3ccsc3n2)c1. The number of fused-ring (bicyclic) bond motifs is 1. The summed E-state index contributed by atoms with van der Waals surface area (Å²) in [5.41, 5.74) is 3.28. The summed E-state index contributed by atoms with van der Waals surface area (Å²) in [6, 6.07) is 13.5. The van der Waals surface area contributed by atoms with Gasteiger partial charge in [-0.1, -0.05) is 24.3 Å². The molecule has 0 spiro atoms. The first kappa shape index (κ1) is 15.5. The third-order valence-corrected chi connectivity index (χ3v) is 4.58. The van der Waals surface area contributed by atoms with Gasteiger partial charge in [-0.15, -0.1) is 11.3 Å². The molecule has 4 rings (SSSR count).